The molecule has 6 heteroatoms. The maximum Gasteiger partial charge on any atom is 0.192 e. The lowest BCUT2D eigenvalue weighted by atomic mass is 9.83. The summed E-state index contributed by atoms with van der Waals surface area (Å²) in [6.45, 7) is 3.88. The average molecular weight is 312 g/mol. The maximum atomic E-state index is 10.7. The van der Waals surface area contributed by atoms with E-state index in [9.17, 15) is 4.79 Å². The number of thiol groups is 1. The smallest absolute Gasteiger partial charge is 0.192 e. The van der Waals surface area contributed by atoms with Crippen LogP contribution in [0.1, 0.15) is 33.1 Å². The van der Waals surface area contributed by atoms with Crippen molar-refractivity contribution in [2.45, 2.75) is 42.3 Å². The van der Waals surface area contributed by atoms with Crippen LogP contribution in [-0.2, 0) is 4.79 Å². The van der Waals surface area contributed by atoms with E-state index < -0.39 is 3.79 Å². The van der Waals surface area contributed by atoms with E-state index in [2.05, 4.69) is 12.6 Å². The molecule has 0 aromatic carbocycles. The van der Waals surface area contributed by atoms with E-state index in [0.717, 1.165) is 0 Å². The van der Waals surface area contributed by atoms with E-state index in [1.807, 2.05) is 13.8 Å². The highest BCUT2D eigenvalue weighted by Gasteiger charge is 2.34. The Morgan fingerprint density at radius 2 is 1.80 bits per heavy atom. The fourth-order valence-electron chi connectivity index (χ4n) is 1.07. The number of carbonyl (C=O) groups excluding carboxylic acids is 1. The molecule has 0 saturated heterocycles. The number of rotatable bonds is 5. The van der Waals surface area contributed by atoms with E-state index in [1.165, 1.54) is 0 Å². The standard InChI is InChI=1S/C9H14Cl4OS/c1-8(2,4-3-7(14)15)6(10)5-9(11,12)13/h6H,3-5H2,1-2H3,(H,14,15). The molecule has 15 heavy (non-hydrogen) atoms. The number of alkyl halides is 4. The fourth-order valence-corrected chi connectivity index (χ4v) is 2.22. The van der Waals surface area contributed by atoms with Gasteiger partial charge in [-0.3, -0.25) is 4.79 Å². The van der Waals surface area contributed by atoms with Crippen molar-refractivity contribution in [3.05, 3.63) is 0 Å². The second-order valence-electron chi connectivity index (χ2n) is 4.17. The Kier molecular flexibility index (Phi) is 6.69. The van der Waals surface area contributed by atoms with E-state index in [4.69, 9.17) is 46.4 Å². The zero-order valence-corrected chi connectivity index (χ0v) is 12.5. The van der Waals surface area contributed by atoms with Crippen molar-refractivity contribution in [1.82, 2.24) is 0 Å². The molecule has 0 aromatic rings. The molecule has 1 atom stereocenters. The van der Waals surface area contributed by atoms with Gasteiger partial charge in [0, 0.05) is 18.2 Å². The molecule has 0 saturated carbocycles. The predicted molar refractivity (Wildman–Crippen MR) is 71.6 cm³/mol. The summed E-state index contributed by atoms with van der Waals surface area (Å²) in [5, 5.41) is -0.446. The highest BCUT2D eigenvalue weighted by Crippen LogP contribution is 2.41. The first-order valence-corrected chi connectivity index (χ1v) is 6.49. The molecule has 0 aliphatic carbocycles. The summed E-state index contributed by atoms with van der Waals surface area (Å²) >= 11 is 26.8. The first kappa shape index (κ1) is 16.2. The summed E-state index contributed by atoms with van der Waals surface area (Å²) in [6.07, 6.45) is 1.26. The minimum atomic E-state index is -1.35. The number of carbonyl (C=O) groups is 1. The third-order valence-electron chi connectivity index (χ3n) is 2.24. The van der Waals surface area contributed by atoms with Crippen LogP contribution in [0, 0.1) is 5.41 Å². The highest BCUT2D eigenvalue weighted by molar-refractivity contribution is 7.96. The second kappa shape index (κ2) is 6.20. The summed E-state index contributed by atoms with van der Waals surface area (Å²) in [7, 11) is 0. The first-order valence-electron chi connectivity index (χ1n) is 4.47. The summed E-state index contributed by atoms with van der Waals surface area (Å²) in [4.78, 5) is 10.7. The van der Waals surface area contributed by atoms with Gasteiger partial charge in [0.2, 0.25) is 0 Å². The van der Waals surface area contributed by atoms with Crippen LogP contribution in [0.2, 0.25) is 0 Å². The van der Waals surface area contributed by atoms with Gasteiger partial charge in [-0.1, -0.05) is 48.7 Å². The van der Waals surface area contributed by atoms with Crippen LogP contribution in [-0.4, -0.2) is 14.3 Å². The summed E-state index contributed by atoms with van der Waals surface area (Å²) in [5.74, 6) is 0. The van der Waals surface area contributed by atoms with Crippen LogP contribution in [0.5, 0.6) is 0 Å². The van der Waals surface area contributed by atoms with E-state index in [1.54, 1.807) is 0 Å². The van der Waals surface area contributed by atoms with E-state index in [-0.39, 0.29) is 22.3 Å². The predicted octanol–water partition coefficient (Wildman–Crippen LogP) is 4.62. The van der Waals surface area contributed by atoms with Crippen molar-refractivity contribution in [3.63, 3.8) is 0 Å². The van der Waals surface area contributed by atoms with Crippen molar-refractivity contribution in [2.75, 3.05) is 0 Å². The zero-order valence-electron chi connectivity index (χ0n) is 8.57. The van der Waals surface area contributed by atoms with Crippen LogP contribution in [0.4, 0.5) is 0 Å². The van der Waals surface area contributed by atoms with Gasteiger partial charge in [0.15, 0.2) is 8.91 Å². The molecule has 90 valence electrons. The normalized spacial score (nSPS) is 15.1. The molecular weight excluding hydrogens is 298 g/mol. The minimum absolute atomic E-state index is 0.152. The van der Waals surface area contributed by atoms with Crippen molar-refractivity contribution in [3.8, 4) is 0 Å². The van der Waals surface area contributed by atoms with Gasteiger partial charge >= 0.3 is 0 Å². The monoisotopic (exact) mass is 310 g/mol. The van der Waals surface area contributed by atoms with Gasteiger partial charge in [-0.05, 0) is 11.8 Å². The maximum absolute atomic E-state index is 10.7. The number of halogens is 4. The van der Waals surface area contributed by atoms with Gasteiger partial charge in [-0.2, -0.15) is 0 Å². The van der Waals surface area contributed by atoms with Crippen molar-refractivity contribution < 1.29 is 4.79 Å². The molecule has 1 unspecified atom stereocenters. The lowest BCUT2D eigenvalue weighted by Crippen LogP contribution is -2.29. The zero-order chi connectivity index (χ0) is 12.3. The van der Waals surface area contributed by atoms with Gasteiger partial charge in [-0.25, -0.2) is 0 Å². The van der Waals surface area contributed by atoms with Gasteiger partial charge in [-0.15, -0.1) is 24.2 Å². The van der Waals surface area contributed by atoms with Gasteiger partial charge < -0.3 is 0 Å². The topological polar surface area (TPSA) is 17.1 Å². The average Bonchev–Trinajstić information content (AvgIpc) is 1.97. The summed E-state index contributed by atoms with van der Waals surface area (Å²) in [6, 6.07) is 0. The lowest BCUT2D eigenvalue weighted by molar-refractivity contribution is -0.111. The van der Waals surface area contributed by atoms with Gasteiger partial charge in [0.25, 0.3) is 0 Å². The minimum Gasteiger partial charge on any atom is -0.288 e. The quantitative estimate of drug-likeness (QED) is 0.579. The molecular formula is C9H14Cl4OS. The number of hydrogen-bond donors (Lipinski definition) is 1. The Bertz CT molecular complexity index is 225. The van der Waals surface area contributed by atoms with Crippen molar-refractivity contribution >= 4 is 64.1 Å². The largest absolute Gasteiger partial charge is 0.288 e. The highest BCUT2D eigenvalue weighted by atomic mass is 35.6. The first-order chi connectivity index (χ1) is 6.54. The molecule has 0 fully saturated rings. The Labute approximate surface area is 116 Å². The molecule has 0 amide bonds. The lowest BCUT2D eigenvalue weighted by Gasteiger charge is -2.31. The molecule has 0 radical (unpaired) electrons. The Balaban J connectivity index is 4.25. The van der Waals surface area contributed by atoms with E-state index >= 15 is 0 Å². The van der Waals surface area contributed by atoms with Crippen LogP contribution >= 0.6 is 59.0 Å². The summed E-state index contributed by atoms with van der Waals surface area (Å²) in [5.41, 5.74) is -0.260. The fraction of sp³-hybridized carbons (Fsp3) is 0.889. The Morgan fingerprint density at radius 3 is 2.13 bits per heavy atom. The third kappa shape index (κ3) is 7.98. The molecule has 0 aliphatic heterocycles. The second-order valence-corrected chi connectivity index (χ2v) is 7.71. The third-order valence-corrected chi connectivity index (χ3v) is 3.67. The molecule has 1 nitrogen and oxygen atoms in total. The molecule has 0 rings (SSSR count). The molecule has 0 aliphatic rings. The van der Waals surface area contributed by atoms with Crippen LogP contribution in [0.15, 0.2) is 0 Å². The molecule has 0 N–H and O–H groups in total. The van der Waals surface area contributed by atoms with Crippen LogP contribution in [0.25, 0.3) is 0 Å². The van der Waals surface area contributed by atoms with Crippen molar-refractivity contribution in [1.29, 1.82) is 0 Å². The number of hydrogen-bond acceptors (Lipinski definition) is 1. The van der Waals surface area contributed by atoms with Crippen LogP contribution < -0.4 is 0 Å². The van der Waals surface area contributed by atoms with E-state index in [0.29, 0.717) is 12.8 Å². The molecule has 0 bridgehead atoms. The van der Waals surface area contributed by atoms with Gasteiger partial charge in [0.1, 0.15) is 0 Å². The molecule has 0 spiro atoms. The Hall–Kier alpha value is 1.18. The van der Waals surface area contributed by atoms with Gasteiger partial charge in [0.05, 0.1) is 0 Å². The van der Waals surface area contributed by atoms with Crippen LogP contribution in [0.3, 0.4) is 0 Å². The molecule has 0 heterocycles. The summed E-state index contributed by atoms with van der Waals surface area (Å²) < 4.78 is -1.35. The molecule has 0 aromatic heterocycles. The van der Waals surface area contributed by atoms with Crippen molar-refractivity contribution in [2.24, 2.45) is 5.41 Å². The SMILES string of the molecule is CC(C)(CCC(=O)S)C(Cl)CC(Cl)(Cl)Cl. The Morgan fingerprint density at radius 1 is 1.33 bits per heavy atom.